The summed E-state index contributed by atoms with van der Waals surface area (Å²) < 4.78 is 39.9. The minimum Gasteiger partial charge on any atom is -0.212 e. The van der Waals surface area contributed by atoms with Crippen molar-refractivity contribution in [2.45, 2.75) is 31.7 Å². The molecule has 0 spiro atoms. The van der Waals surface area contributed by atoms with Crippen molar-refractivity contribution < 1.29 is 12.8 Å². The average molecular weight is 319 g/mol. The molecule has 0 N–H and O–H groups in total. The van der Waals surface area contributed by atoms with E-state index in [1.165, 1.54) is 29.8 Å². The number of benzene rings is 2. The fourth-order valence-electron chi connectivity index (χ4n) is 2.90. The van der Waals surface area contributed by atoms with Gasteiger partial charge in [0.1, 0.15) is 5.82 Å². The Morgan fingerprint density at radius 3 is 2.41 bits per heavy atom. The van der Waals surface area contributed by atoms with Crippen LogP contribution in [0.5, 0.6) is 0 Å². The van der Waals surface area contributed by atoms with Crippen LogP contribution in [-0.4, -0.2) is 18.8 Å². The molecule has 1 aliphatic rings. The van der Waals surface area contributed by atoms with Crippen LogP contribution in [0.15, 0.2) is 48.5 Å². The molecule has 1 heterocycles. The van der Waals surface area contributed by atoms with Gasteiger partial charge in [0.2, 0.25) is 10.0 Å². The van der Waals surface area contributed by atoms with Crippen LogP contribution in [0.2, 0.25) is 0 Å². The second-order valence-corrected chi connectivity index (χ2v) is 7.67. The van der Waals surface area contributed by atoms with Crippen molar-refractivity contribution >= 4 is 10.0 Å². The van der Waals surface area contributed by atoms with E-state index in [-0.39, 0.29) is 17.6 Å². The summed E-state index contributed by atoms with van der Waals surface area (Å²) in [6.07, 6.45) is 0.721. The number of sulfonamides is 1. The first-order chi connectivity index (χ1) is 10.5. The van der Waals surface area contributed by atoms with Gasteiger partial charge < -0.3 is 0 Å². The zero-order chi connectivity index (χ0) is 15.7. The highest BCUT2D eigenvalue weighted by Crippen LogP contribution is 2.27. The first-order valence-corrected chi connectivity index (χ1v) is 8.87. The molecule has 2 aromatic carbocycles. The van der Waals surface area contributed by atoms with E-state index < -0.39 is 10.0 Å². The Morgan fingerprint density at radius 2 is 1.73 bits per heavy atom. The molecule has 3 rings (SSSR count). The van der Waals surface area contributed by atoms with Gasteiger partial charge in [0, 0.05) is 12.6 Å². The normalized spacial score (nSPS) is 18.9. The largest absolute Gasteiger partial charge is 0.218 e. The maximum atomic E-state index is 12.9. The summed E-state index contributed by atoms with van der Waals surface area (Å²) in [4.78, 5) is 0. The lowest BCUT2D eigenvalue weighted by Crippen LogP contribution is -2.43. The van der Waals surface area contributed by atoms with Crippen molar-refractivity contribution in [2.75, 3.05) is 0 Å². The minimum atomic E-state index is -3.43. The molecule has 0 bridgehead atoms. The average Bonchev–Trinajstić information content (AvgIpc) is 2.48. The van der Waals surface area contributed by atoms with Gasteiger partial charge in [0.05, 0.1) is 5.75 Å². The number of nitrogens with zero attached hydrogens (tertiary/aromatic N) is 1. The van der Waals surface area contributed by atoms with Gasteiger partial charge in [-0.3, -0.25) is 0 Å². The van der Waals surface area contributed by atoms with Gasteiger partial charge in [-0.15, -0.1) is 0 Å². The first kappa shape index (κ1) is 15.2. The second-order valence-electron chi connectivity index (χ2n) is 5.75. The molecule has 1 aliphatic heterocycles. The summed E-state index contributed by atoms with van der Waals surface area (Å²) in [7, 11) is -3.43. The van der Waals surface area contributed by atoms with Crippen LogP contribution in [0.1, 0.15) is 23.6 Å². The van der Waals surface area contributed by atoms with Crippen LogP contribution in [-0.2, 0) is 28.7 Å². The van der Waals surface area contributed by atoms with Crippen LogP contribution in [0.4, 0.5) is 4.39 Å². The van der Waals surface area contributed by atoms with Gasteiger partial charge in [0.25, 0.3) is 0 Å². The lowest BCUT2D eigenvalue weighted by molar-refractivity contribution is 0.309. The third kappa shape index (κ3) is 3.05. The van der Waals surface area contributed by atoms with Crippen LogP contribution in [0.3, 0.4) is 0 Å². The maximum absolute atomic E-state index is 12.9. The highest BCUT2D eigenvalue weighted by Gasteiger charge is 2.31. The highest BCUT2D eigenvalue weighted by atomic mass is 32.2. The standard InChI is InChI=1S/C17H18FNO2S/c1-13-10-15-4-2-3-5-16(15)11-19(13)22(20,21)12-14-6-8-17(18)9-7-14/h2-9,13H,10-12H2,1H3. The van der Waals surface area contributed by atoms with Crippen molar-refractivity contribution in [3.63, 3.8) is 0 Å². The molecule has 116 valence electrons. The Labute approximate surface area is 130 Å². The molecule has 0 aromatic heterocycles. The molecule has 0 aliphatic carbocycles. The topological polar surface area (TPSA) is 37.4 Å². The molecule has 2 aromatic rings. The van der Waals surface area contributed by atoms with E-state index in [1.807, 2.05) is 25.1 Å². The lowest BCUT2D eigenvalue weighted by Gasteiger charge is -2.33. The molecule has 0 amide bonds. The van der Waals surface area contributed by atoms with Crippen molar-refractivity contribution in [1.29, 1.82) is 0 Å². The fourth-order valence-corrected chi connectivity index (χ4v) is 4.64. The number of rotatable bonds is 3. The van der Waals surface area contributed by atoms with Crippen LogP contribution >= 0.6 is 0 Å². The molecule has 3 nitrogen and oxygen atoms in total. The van der Waals surface area contributed by atoms with Gasteiger partial charge in [-0.25, -0.2) is 12.8 Å². The zero-order valence-corrected chi connectivity index (χ0v) is 13.2. The quantitative estimate of drug-likeness (QED) is 0.872. The first-order valence-electron chi connectivity index (χ1n) is 7.26. The summed E-state index contributed by atoms with van der Waals surface area (Å²) in [5.74, 6) is -0.457. The molecule has 5 heteroatoms. The highest BCUT2D eigenvalue weighted by molar-refractivity contribution is 7.88. The maximum Gasteiger partial charge on any atom is 0.218 e. The van der Waals surface area contributed by atoms with E-state index in [1.54, 1.807) is 4.31 Å². The third-order valence-electron chi connectivity index (χ3n) is 4.07. The molecule has 1 atom stereocenters. The van der Waals surface area contributed by atoms with Crippen LogP contribution in [0, 0.1) is 5.82 Å². The van der Waals surface area contributed by atoms with E-state index in [4.69, 9.17) is 0 Å². The summed E-state index contributed by atoms with van der Waals surface area (Å²) in [5.41, 5.74) is 2.87. The lowest BCUT2D eigenvalue weighted by atomic mass is 9.97. The van der Waals surface area contributed by atoms with E-state index in [0.29, 0.717) is 12.1 Å². The summed E-state index contributed by atoms with van der Waals surface area (Å²) in [6.45, 7) is 2.33. The van der Waals surface area contributed by atoms with Gasteiger partial charge in [0.15, 0.2) is 0 Å². The van der Waals surface area contributed by atoms with Gasteiger partial charge >= 0.3 is 0 Å². The number of fused-ring (bicyclic) bond motifs is 1. The second kappa shape index (κ2) is 5.82. The monoisotopic (exact) mass is 319 g/mol. The Kier molecular flexibility index (Phi) is 4.02. The van der Waals surface area contributed by atoms with Gasteiger partial charge in [-0.1, -0.05) is 36.4 Å². The van der Waals surface area contributed by atoms with E-state index in [2.05, 4.69) is 6.07 Å². The van der Waals surface area contributed by atoms with Gasteiger partial charge in [-0.05, 0) is 42.2 Å². The fraction of sp³-hybridized carbons (Fsp3) is 0.294. The number of halogens is 1. The molecule has 0 radical (unpaired) electrons. The molecular weight excluding hydrogens is 301 g/mol. The molecule has 1 unspecified atom stereocenters. The van der Waals surface area contributed by atoms with E-state index in [0.717, 1.165) is 12.0 Å². The minimum absolute atomic E-state index is 0.0691. The van der Waals surface area contributed by atoms with Crippen molar-refractivity contribution in [2.24, 2.45) is 0 Å². The Hall–Kier alpha value is -1.72. The Balaban J connectivity index is 1.84. The number of hydrogen-bond donors (Lipinski definition) is 0. The van der Waals surface area contributed by atoms with Crippen molar-refractivity contribution in [3.05, 3.63) is 71.0 Å². The van der Waals surface area contributed by atoms with Crippen LogP contribution < -0.4 is 0 Å². The van der Waals surface area contributed by atoms with Gasteiger partial charge in [-0.2, -0.15) is 4.31 Å². The van der Waals surface area contributed by atoms with Crippen molar-refractivity contribution in [1.82, 2.24) is 4.31 Å². The van der Waals surface area contributed by atoms with Crippen molar-refractivity contribution in [3.8, 4) is 0 Å². The molecule has 0 fully saturated rings. The van der Waals surface area contributed by atoms with E-state index in [9.17, 15) is 12.8 Å². The van der Waals surface area contributed by atoms with E-state index >= 15 is 0 Å². The smallest absolute Gasteiger partial charge is 0.212 e. The summed E-state index contributed by atoms with van der Waals surface area (Å²) >= 11 is 0. The molecular formula is C17H18FNO2S. The zero-order valence-electron chi connectivity index (χ0n) is 12.4. The predicted molar refractivity (Wildman–Crippen MR) is 84.2 cm³/mol. The Bertz CT molecular complexity index is 772. The molecule has 22 heavy (non-hydrogen) atoms. The summed E-state index contributed by atoms with van der Waals surface area (Å²) in [5, 5.41) is 0. The summed E-state index contributed by atoms with van der Waals surface area (Å²) in [6, 6.07) is 13.5. The Morgan fingerprint density at radius 1 is 1.09 bits per heavy atom. The molecule has 0 saturated carbocycles. The number of hydrogen-bond acceptors (Lipinski definition) is 2. The third-order valence-corrected chi connectivity index (χ3v) is 5.97. The SMILES string of the molecule is CC1Cc2ccccc2CN1S(=O)(=O)Cc1ccc(F)cc1. The van der Waals surface area contributed by atoms with Crippen LogP contribution in [0.25, 0.3) is 0 Å². The molecule has 0 saturated heterocycles. The predicted octanol–water partition coefficient (Wildman–Crippen LogP) is 3.10.